The van der Waals surface area contributed by atoms with Crippen molar-refractivity contribution in [3.63, 3.8) is 0 Å². The van der Waals surface area contributed by atoms with E-state index in [0.717, 1.165) is 25.0 Å². The Kier molecular flexibility index (Phi) is 4.37. The zero-order valence-electron chi connectivity index (χ0n) is 11.5. The number of carbonyl (C=O) groups excluding carboxylic acids is 2. The van der Waals surface area contributed by atoms with Gasteiger partial charge in [-0.05, 0) is 50.0 Å². The molecule has 3 N–H and O–H groups in total. The molecule has 2 rings (SSSR count). The number of rotatable bonds is 4. The molecule has 0 unspecified atom stereocenters. The van der Waals surface area contributed by atoms with E-state index in [0.29, 0.717) is 18.5 Å². The summed E-state index contributed by atoms with van der Waals surface area (Å²) in [5.74, 6) is -1.68. The van der Waals surface area contributed by atoms with Crippen molar-refractivity contribution in [2.45, 2.75) is 31.3 Å². The summed E-state index contributed by atoms with van der Waals surface area (Å²) in [6.07, 6.45) is 3.45. The predicted molar refractivity (Wildman–Crippen MR) is 77.3 cm³/mol. The second kappa shape index (κ2) is 6.05. The zero-order chi connectivity index (χ0) is 15.5. The number of hydrogen-bond donors (Lipinski definition) is 3. The van der Waals surface area contributed by atoms with Crippen LogP contribution in [0.1, 0.15) is 25.7 Å². The van der Waals surface area contributed by atoms with E-state index in [1.54, 1.807) is 0 Å². The van der Waals surface area contributed by atoms with Crippen molar-refractivity contribution >= 4 is 23.2 Å². The Hall–Kier alpha value is -2.21. The molecule has 0 spiro atoms. The molecule has 2 amide bonds. The van der Waals surface area contributed by atoms with Gasteiger partial charge in [-0.1, -0.05) is 6.58 Å². The number of aliphatic hydroxyl groups is 1. The number of anilines is 2. The molecule has 112 valence electrons. The number of nitrogens with one attached hydrogen (secondary N) is 2. The highest BCUT2D eigenvalue weighted by Crippen LogP contribution is 2.31. The molecule has 1 saturated carbocycles. The SMILES string of the molecule is C=CC(=O)Nc1cc(NC(=O)C2(O)CCCC2)ccc1F. The third kappa shape index (κ3) is 3.46. The van der Waals surface area contributed by atoms with Crippen molar-refractivity contribution < 1.29 is 19.1 Å². The highest BCUT2D eigenvalue weighted by atomic mass is 19.1. The Morgan fingerprint density at radius 1 is 1.29 bits per heavy atom. The standard InChI is InChI=1S/C15H17FN2O3/c1-2-13(19)18-12-9-10(5-6-11(12)16)17-14(20)15(21)7-3-4-8-15/h2,5-6,9,21H,1,3-4,7-8H2,(H,17,20)(H,18,19). The van der Waals surface area contributed by atoms with Crippen molar-refractivity contribution in [1.29, 1.82) is 0 Å². The predicted octanol–water partition coefficient (Wildman–Crippen LogP) is 2.19. The lowest BCUT2D eigenvalue weighted by Gasteiger charge is -2.21. The molecule has 1 aromatic carbocycles. The minimum absolute atomic E-state index is 0.0592. The Morgan fingerprint density at radius 2 is 1.95 bits per heavy atom. The maximum atomic E-state index is 13.6. The lowest BCUT2D eigenvalue weighted by atomic mass is 10.0. The minimum atomic E-state index is -1.36. The molecule has 21 heavy (non-hydrogen) atoms. The molecular formula is C15H17FN2O3. The third-order valence-electron chi connectivity index (χ3n) is 3.52. The van der Waals surface area contributed by atoms with Crippen molar-refractivity contribution in [1.82, 2.24) is 0 Å². The van der Waals surface area contributed by atoms with Gasteiger partial charge in [-0.3, -0.25) is 9.59 Å². The van der Waals surface area contributed by atoms with Crippen molar-refractivity contribution in [3.05, 3.63) is 36.7 Å². The van der Waals surface area contributed by atoms with Crippen LogP contribution in [-0.4, -0.2) is 22.5 Å². The van der Waals surface area contributed by atoms with E-state index >= 15 is 0 Å². The van der Waals surface area contributed by atoms with Gasteiger partial charge in [0.15, 0.2) is 0 Å². The molecule has 6 heteroatoms. The van der Waals surface area contributed by atoms with Gasteiger partial charge in [0.1, 0.15) is 11.4 Å². The van der Waals surface area contributed by atoms with Gasteiger partial charge in [-0.25, -0.2) is 4.39 Å². The highest BCUT2D eigenvalue weighted by molar-refractivity contribution is 6.00. The average molecular weight is 292 g/mol. The van der Waals surface area contributed by atoms with Gasteiger partial charge in [0, 0.05) is 5.69 Å². The van der Waals surface area contributed by atoms with Crippen molar-refractivity contribution in [2.75, 3.05) is 10.6 Å². The molecule has 0 aliphatic heterocycles. The van der Waals surface area contributed by atoms with Crippen LogP contribution in [0.15, 0.2) is 30.9 Å². The number of amides is 2. The van der Waals surface area contributed by atoms with E-state index in [-0.39, 0.29) is 5.69 Å². The minimum Gasteiger partial charge on any atom is -0.380 e. The zero-order valence-corrected chi connectivity index (χ0v) is 11.5. The van der Waals surface area contributed by atoms with Gasteiger partial charge in [-0.15, -0.1) is 0 Å². The molecule has 0 bridgehead atoms. The van der Waals surface area contributed by atoms with E-state index in [9.17, 15) is 19.1 Å². The van der Waals surface area contributed by atoms with Crippen LogP contribution in [0.4, 0.5) is 15.8 Å². The van der Waals surface area contributed by atoms with E-state index in [4.69, 9.17) is 0 Å². The van der Waals surface area contributed by atoms with Crippen molar-refractivity contribution in [2.24, 2.45) is 0 Å². The van der Waals surface area contributed by atoms with E-state index in [1.165, 1.54) is 12.1 Å². The van der Waals surface area contributed by atoms with Gasteiger partial charge in [0.25, 0.3) is 5.91 Å². The van der Waals surface area contributed by atoms with Gasteiger partial charge in [-0.2, -0.15) is 0 Å². The van der Waals surface area contributed by atoms with E-state index < -0.39 is 23.2 Å². The fraction of sp³-hybridized carbons (Fsp3) is 0.333. The summed E-state index contributed by atoms with van der Waals surface area (Å²) >= 11 is 0. The lowest BCUT2D eigenvalue weighted by molar-refractivity contribution is -0.133. The van der Waals surface area contributed by atoms with E-state index in [1.807, 2.05) is 0 Å². The highest BCUT2D eigenvalue weighted by Gasteiger charge is 2.38. The van der Waals surface area contributed by atoms with Gasteiger partial charge < -0.3 is 15.7 Å². The first-order valence-corrected chi connectivity index (χ1v) is 6.71. The first-order valence-electron chi connectivity index (χ1n) is 6.71. The molecule has 5 nitrogen and oxygen atoms in total. The molecule has 1 aliphatic carbocycles. The molecule has 0 radical (unpaired) electrons. The summed E-state index contributed by atoms with van der Waals surface area (Å²) in [6, 6.07) is 3.80. The molecule has 1 aromatic rings. The first kappa shape index (κ1) is 15.2. The Balaban J connectivity index is 2.13. The quantitative estimate of drug-likeness (QED) is 0.744. The normalized spacial score (nSPS) is 16.3. The molecule has 0 atom stereocenters. The van der Waals surface area contributed by atoms with Crippen LogP contribution < -0.4 is 10.6 Å². The second-order valence-corrected chi connectivity index (χ2v) is 5.08. The number of benzene rings is 1. The van der Waals surface area contributed by atoms with Crippen LogP contribution in [0, 0.1) is 5.82 Å². The Bertz CT molecular complexity index is 580. The van der Waals surface area contributed by atoms with Gasteiger partial charge in [0.2, 0.25) is 5.91 Å². The molecule has 0 heterocycles. The Labute approximate surface area is 121 Å². The van der Waals surface area contributed by atoms with Crippen LogP contribution in [0.3, 0.4) is 0 Å². The summed E-state index contributed by atoms with van der Waals surface area (Å²) in [5.41, 5.74) is -1.11. The second-order valence-electron chi connectivity index (χ2n) is 5.08. The Morgan fingerprint density at radius 3 is 2.57 bits per heavy atom. The number of halogens is 1. The maximum absolute atomic E-state index is 13.6. The number of carbonyl (C=O) groups is 2. The van der Waals surface area contributed by atoms with Gasteiger partial charge >= 0.3 is 0 Å². The maximum Gasteiger partial charge on any atom is 0.256 e. The molecular weight excluding hydrogens is 275 g/mol. The smallest absolute Gasteiger partial charge is 0.256 e. The summed E-state index contributed by atoms with van der Waals surface area (Å²) in [4.78, 5) is 23.3. The van der Waals surface area contributed by atoms with Crippen LogP contribution >= 0.6 is 0 Å². The van der Waals surface area contributed by atoms with Gasteiger partial charge in [0.05, 0.1) is 5.69 Å². The van der Waals surface area contributed by atoms with Crippen LogP contribution in [0.5, 0.6) is 0 Å². The first-order chi connectivity index (χ1) is 9.94. The monoisotopic (exact) mass is 292 g/mol. The van der Waals surface area contributed by atoms with Crippen LogP contribution in [0.2, 0.25) is 0 Å². The third-order valence-corrected chi connectivity index (χ3v) is 3.52. The van der Waals surface area contributed by atoms with Crippen molar-refractivity contribution in [3.8, 4) is 0 Å². The fourth-order valence-electron chi connectivity index (χ4n) is 2.32. The summed E-state index contributed by atoms with van der Waals surface area (Å²) in [7, 11) is 0. The lowest BCUT2D eigenvalue weighted by Crippen LogP contribution is -2.40. The molecule has 1 aliphatic rings. The largest absolute Gasteiger partial charge is 0.380 e. The summed E-state index contributed by atoms with van der Waals surface area (Å²) in [6.45, 7) is 3.28. The van der Waals surface area contributed by atoms with E-state index in [2.05, 4.69) is 17.2 Å². The van der Waals surface area contributed by atoms with Crippen LogP contribution in [0.25, 0.3) is 0 Å². The summed E-state index contributed by atoms with van der Waals surface area (Å²) in [5, 5.41) is 15.0. The molecule has 1 fully saturated rings. The fourth-order valence-corrected chi connectivity index (χ4v) is 2.32. The molecule has 0 saturated heterocycles. The molecule has 0 aromatic heterocycles. The average Bonchev–Trinajstić information content (AvgIpc) is 2.90. The summed E-state index contributed by atoms with van der Waals surface area (Å²) < 4.78 is 13.6. The topological polar surface area (TPSA) is 78.4 Å². The van der Waals surface area contributed by atoms with Crippen LogP contribution in [-0.2, 0) is 9.59 Å². The number of hydrogen-bond acceptors (Lipinski definition) is 3.